The first kappa shape index (κ1) is 18.7. The van der Waals surface area contributed by atoms with Crippen molar-refractivity contribution in [3.8, 4) is 0 Å². The van der Waals surface area contributed by atoms with Gasteiger partial charge >= 0.3 is 23.9 Å². The molecule has 2 atom stereocenters. The standard InChI is InChI=1S/C15H20O8/c1-14(10(16)17,11(18)19)6-8-4-3-5-9(8)7-15(2,12(20)21)13(22)23/h3-4,8-9H,5-7H2,1-2H3,(H,16,17)(H,18,19)(H,20,21)(H,22,23). The number of aliphatic carboxylic acids is 4. The molecule has 1 rings (SSSR count). The van der Waals surface area contributed by atoms with Crippen LogP contribution in [0.3, 0.4) is 0 Å². The number of carboxylic acids is 4. The summed E-state index contributed by atoms with van der Waals surface area (Å²) in [5.41, 5.74) is -4.02. The molecule has 1 aliphatic rings. The van der Waals surface area contributed by atoms with Gasteiger partial charge in [-0.1, -0.05) is 12.2 Å². The lowest BCUT2D eigenvalue weighted by molar-refractivity contribution is -0.168. The molecule has 0 aliphatic heterocycles. The summed E-state index contributed by atoms with van der Waals surface area (Å²) in [5.74, 6) is -6.87. The predicted molar refractivity (Wildman–Crippen MR) is 76.7 cm³/mol. The lowest BCUT2D eigenvalue weighted by atomic mass is 9.72. The van der Waals surface area contributed by atoms with E-state index in [0.717, 1.165) is 13.8 Å². The van der Waals surface area contributed by atoms with Crippen LogP contribution in [0.15, 0.2) is 12.2 Å². The van der Waals surface area contributed by atoms with Crippen molar-refractivity contribution in [1.82, 2.24) is 0 Å². The van der Waals surface area contributed by atoms with Gasteiger partial charge in [-0.3, -0.25) is 19.2 Å². The smallest absolute Gasteiger partial charge is 0.320 e. The number of carbonyl (C=O) groups is 4. The Morgan fingerprint density at radius 3 is 1.65 bits per heavy atom. The average Bonchev–Trinajstić information content (AvgIpc) is 2.84. The topological polar surface area (TPSA) is 149 Å². The Bertz CT molecular complexity index is 534. The van der Waals surface area contributed by atoms with Crippen molar-refractivity contribution in [3.05, 3.63) is 12.2 Å². The molecule has 0 saturated heterocycles. The summed E-state index contributed by atoms with van der Waals surface area (Å²) in [5, 5.41) is 36.7. The third-order valence-corrected chi connectivity index (χ3v) is 4.63. The fourth-order valence-electron chi connectivity index (χ4n) is 2.76. The minimum absolute atomic E-state index is 0.204. The molecular formula is C15H20O8. The van der Waals surface area contributed by atoms with Gasteiger partial charge in [-0.2, -0.15) is 0 Å². The van der Waals surface area contributed by atoms with Crippen LogP contribution in [-0.2, 0) is 19.2 Å². The van der Waals surface area contributed by atoms with Crippen LogP contribution in [0.1, 0.15) is 33.1 Å². The van der Waals surface area contributed by atoms with E-state index in [-0.39, 0.29) is 12.8 Å². The highest BCUT2D eigenvalue weighted by Crippen LogP contribution is 2.42. The molecule has 0 bridgehead atoms. The maximum absolute atomic E-state index is 11.3. The lowest BCUT2D eigenvalue weighted by Gasteiger charge is -2.30. The predicted octanol–water partition coefficient (Wildman–Crippen LogP) is 1.31. The first-order chi connectivity index (χ1) is 10.4. The van der Waals surface area contributed by atoms with Gasteiger partial charge in [0.2, 0.25) is 0 Å². The third kappa shape index (κ3) is 3.52. The second kappa shape index (κ2) is 6.39. The average molecular weight is 328 g/mol. The Labute approximate surface area is 132 Å². The summed E-state index contributed by atoms with van der Waals surface area (Å²) in [6.07, 6.45) is 3.29. The van der Waals surface area contributed by atoms with Crippen molar-refractivity contribution < 1.29 is 39.6 Å². The van der Waals surface area contributed by atoms with Gasteiger partial charge in [-0.25, -0.2) is 0 Å². The number of carboxylic acid groups (broad SMARTS) is 4. The van der Waals surface area contributed by atoms with Crippen LogP contribution in [-0.4, -0.2) is 44.3 Å². The molecule has 23 heavy (non-hydrogen) atoms. The Kier molecular flexibility index (Phi) is 5.19. The number of rotatable bonds is 8. The van der Waals surface area contributed by atoms with Crippen molar-refractivity contribution >= 4 is 23.9 Å². The van der Waals surface area contributed by atoms with Gasteiger partial charge in [-0.15, -0.1) is 0 Å². The molecule has 128 valence electrons. The molecular weight excluding hydrogens is 308 g/mol. The lowest BCUT2D eigenvalue weighted by Crippen LogP contribution is -2.41. The molecule has 1 aliphatic carbocycles. The van der Waals surface area contributed by atoms with Crippen LogP contribution in [0.25, 0.3) is 0 Å². The molecule has 0 aromatic rings. The van der Waals surface area contributed by atoms with Crippen LogP contribution >= 0.6 is 0 Å². The van der Waals surface area contributed by atoms with Crippen LogP contribution < -0.4 is 0 Å². The fourth-order valence-corrected chi connectivity index (χ4v) is 2.76. The summed E-state index contributed by atoms with van der Waals surface area (Å²) >= 11 is 0. The molecule has 0 aromatic heterocycles. The van der Waals surface area contributed by atoms with Crippen LogP contribution in [0, 0.1) is 22.7 Å². The van der Waals surface area contributed by atoms with Gasteiger partial charge in [0.1, 0.15) is 0 Å². The number of allylic oxidation sites excluding steroid dienone is 2. The second-order valence-electron chi connectivity index (χ2n) is 6.38. The first-order valence-corrected chi connectivity index (χ1v) is 7.05. The van der Waals surface area contributed by atoms with E-state index in [1.165, 1.54) is 0 Å². The van der Waals surface area contributed by atoms with Crippen molar-refractivity contribution in [2.75, 3.05) is 0 Å². The Morgan fingerprint density at radius 2 is 1.26 bits per heavy atom. The molecule has 0 amide bonds. The summed E-state index contributed by atoms with van der Waals surface area (Å²) in [4.78, 5) is 45.1. The zero-order valence-electron chi connectivity index (χ0n) is 12.9. The molecule has 2 unspecified atom stereocenters. The van der Waals surface area contributed by atoms with E-state index in [9.17, 15) is 19.2 Å². The summed E-state index contributed by atoms with van der Waals surface area (Å²) in [7, 11) is 0. The summed E-state index contributed by atoms with van der Waals surface area (Å²) < 4.78 is 0. The van der Waals surface area contributed by atoms with Crippen molar-refractivity contribution in [3.63, 3.8) is 0 Å². The molecule has 0 radical (unpaired) electrons. The molecule has 0 heterocycles. The van der Waals surface area contributed by atoms with E-state index in [2.05, 4.69) is 0 Å². The molecule has 8 heteroatoms. The van der Waals surface area contributed by atoms with E-state index in [1.807, 2.05) is 0 Å². The minimum Gasteiger partial charge on any atom is -0.480 e. The molecule has 0 spiro atoms. The second-order valence-corrected chi connectivity index (χ2v) is 6.38. The fraction of sp³-hybridized carbons (Fsp3) is 0.600. The van der Waals surface area contributed by atoms with Crippen LogP contribution in [0.5, 0.6) is 0 Å². The van der Waals surface area contributed by atoms with Crippen molar-refractivity contribution in [2.45, 2.75) is 33.1 Å². The van der Waals surface area contributed by atoms with Gasteiger partial charge in [-0.05, 0) is 44.9 Å². The van der Waals surface area contributed by atoms with Gasteiger partial charge in [0, 0.05) is 0 Å². The largest absolute Gasteiger partial charge is 0.480 e. The monoisotopic (exact) mass is 328 g/mol. The highest BCUT2D eigenvalue weighted by atomic mass is 16.4. The summed E-state index contributed by atoms with van der Waals surface area (Å²) in [6.45, 7) is 2.19. The van der Waals surface area contributed by atoms with Gasteiger partial charge in [0.25, 0.3) is 0 Å². The molecule has 0 saturated carbocycles. The van der Waals surface area contributed by atoms with E-state index in [1.54, 1.807) is 12.2 Å². The zero-order chi connectivity index (χ0) is 18.0. The Balaban J connectivity index is 2.99. The zero-order valence-corrected chi connectivity index (χ0v) is 12.9. The van der Waals surface area contributed by atoms with Gasteiger partial charge < -0.3 is 20.4 Å². The molecule has 0 aromatic carbocycles. The van der Waals surface area contributed by atoms with Gasteiger partial charge in [0.15, 0.2) is 10.8 Å². The van der Waals surface area contributed by atoms with E-state index in [4.69, 9.17) is 20.4 Å². The SMILES string of the molecule is CC(CC1C=CCC1CC(C)(C(=O)O)C(=O)O)(C(=O)O)C(=O)O. The minimum atomic E-state index is -2.01. The quantitative estimate of drug-likeness (QED) is 0.385. The van der Waals surface area contributed by atoms with Crippen molar-refractivity contribution in [1.29, 1.82) is 0 Å². The maximum atomic E-state index is 11.3. The van der Waals surface area contributed by atoms with Gasteiger partial charge in [0.05, 0.1) is 0 Å². The Morgan fingerprint density at radius 1 is 0.870 bits per heavy atom. The molecule has 0 fully saturated rings. The Hall–Kier alpha value is -2.38. The number of hydrogen-bond donors (Lipinski definition) is 4. The molecule has 4 N–H and O–H groups in total. The van der Waals surface area contributed by atoms with Crippen LogP contribution in [0.4, 0.5) is 0 Å². The summed E-state index contributed by atoms with van der Waals surface area (Å²) in [6, 6.07) is 0. The first-order valence-electron chi connectivity index (χ1n) is 7.05. The highest BCUT2D eigenvalue weighted by Gasteiger charge is 2.48. The normalized spacial score (nSPS) is 21.1. The van der Waals surface area contributed by atoms with E-state index >= 15 is 0 Å². The number of hydrogen-bond acceptors (Lipinski definition) is 4. The highest BCUT2D eigenvalue weighted by molar-refractivity contribution is 5.98. The van der Waals surface area contributed by atoms with E-state index < -0.39 is 46.5 Å². The maximum Gasteiger partial charge on any atom is 0.320 e. The molecule has 8 nitrogen and oxygen atoms in total. The third-order valence-electron chi connectivity index (χ3n) is 4.63. The van der Waals surface area contributed by atoms with Crippen molar-refractivity contribution in [2.24, 2.45) is 22.7 Å². The van der Waals surface area contributed by atoms with E-state index in [0.29, 0.717) is 6.42 Å². The van der Waals surface area contributed by atoms with Crippen LogP contribution in [0.2, 0.25) is 0 Å².